The standard InChI is InChI=1S/C16H25NO3/c1-12(2)17-13(3)6-5-9-20-15-8-7-14(11-18)16(10-15)19-4/h7-8,10,12,17-18H,3,5-6,9,11H2,1-2,4H3. The third-order valence-electron chi connectivity index (χ3n) is 2.81. The van der Waals surface area contributed by atoms with Crippen LogP contribution < -0.4 is 14.8 Å². The predicted octanol–water partition coefficient (Wildman–Crippen LogP) is 2.86. The van der Waals surface area contributed by atoms with E-state index in [1.54, 1.807) is 13.2 Å². The van der Waals surface area contributed by atoms with Crippen molar-refractivity contribution in [1.29, 1.82) is 0 Å². The van der Waals surface area contributed by atoms with E-state index < -0.39 is 0 Å². The van der Waals surface area contributed by atoms with Crippen molar-refractivity contribution in [1.82, 2.24) is 5.32 Å². The third kappa shape index (κ3) is 5.53. The molecule has 2 N–H and O–H groups in total. The molecule has 1 aromatic carbocycles. The molecule has 0 heterocycles. The van der Waals surface area contributed by atoms with Crippen LogP contribution >= 0.6 is 0 Å². The maximum absolute atomic E-state index is 9.15. The van der Waals surface area contributed by atoms with E-state index in [-0.39, 0.29) is 6.61 Å². The van der Waals surface area contributed by atoms with E-state index >= 15 is 0 Å². The lowest BCUT2D eigenvalue weighted by Crippen LogP contribution is -2.21. The van der Waals surface area contributed by atoms with Crippen LogP contribution in [0.2, 0.25) is 0 Å². The van der Waals surface area contributed by atoms with Crippen LogP contribution in [0.25, 0.3) is 0 Å². The van der Waals surface area contributed by atoms with Crippen LogP contribution in [0.4, 0.5) is 0 Å². The van der Waals surface area contributed by atoms with Crippen LogP contribution in [-0.4, -0.2) is 24.9 Å². The molecular formula is C16H25NO3. The second-order valence-electron chi connectivity index (χ2n) is 4.99. The molecule has 0 aromatic heterocycles. The highest BCUT2D eigenvalue weighted by atomic mass is 16.5. The summed E-state index contributed by atoms with van der Waals surface area (Å²) in [4.78, 5) is 0. The summed E-state index contributed by atoms with van der Waals surface area (Å²) >= 11 is 0. The Morgan fingerprint density at radius 1 is 1.40 bits per heavy atom. The number of hydrogen-bond donors (Lipinski definition) is 2. The molecule has 4 heteroatoms. The van der Waals surface area contributed by atoms with Gasteiger partial charge >= 0.3 is 0 Å². The molecule has 0 bridgehead atoms. The molecule has 0 saturated carbocycles. The first-order valence-corrected chi connectivity index (χ1v) is 6.91. The van der Waals surface area contributed by atoms with Crippen LogP contribution in [-0.2, 0) is 6.61 Å². The van der Waals surface area contributed by atoms with Gasteiger partial charge in [0, 0.05) is 23.4 Å². The minimum absolute atomic E-state index is 0.0376. The van der Waals surface area contributed by atoms with E-state index in [1.165, 1.54) is 0 Å². The van der Waals surface area contributed by atoms with Gasteiger partial charge in [-0.3, -0.25) is 0 Å². The van der Waals surface area contributed by atoms with Crippen LogP contribution in [0.3, 0.4) is 0 Å². The van der Waals surface area contributed by atoms with Crippen molar-refractivity contribution >= 4 is 0 Å². The fourth-order valence-corrected chi connectivity index (χ4v) is 1.90. The molecule has 0 aliphatic carbocycles. The number of aliphatic hydroxyl groups is 1. The van der Waals surface area contributed by atoms with Gasteiger partial charge in [-0.05, 0) is 38.8 Å². The van der Waals surface area contributed by atoms with Gasteiger partial charge in [0.15, 0.2) is 0 Å². The summed E-state index contributed by atoms with van der Waals surface area (Å²) < 4.78 is 10.9. The smallest absolute Gasteiger partial charge is 0.128 e. The first-order chi connectivity index (χ1) is 9.56. The highest BCUT2D eigenvalue weighted by molar-refractivity contribution is 5.40. The topological polar surface area (TPSA) is 50.7 Å². The predicted molar refractivity (Wildman–Crippen MR) is 81.1 cm³/mol. The van der Waals surface area contributed by atoms with Crippen LogP contribution in [0.1, 0.15) is 32.3 Å². The molecule has 0 fully saturated rings. The molecule has 1 rings (SSSR count). The van der Waals surface area contributed by atoms with Gasteiger partial charge in [0.2, 0.25) is 0 Å². The molecule has 0 amide bonds. The fraction of sp³-hybridized carbons (Fsp3) is 0.500. The quantitative estimate of drug-likeness (QED) is 0.682. The zero-order valence-electron chi connectivity index (χ0n) is 12.6. The summed E-state index contributed by atoms with van der Waals surface area (Å²) in [5.74, 6) is 1.40. The average Bonchev–Trinajstić information content (AvgIpc) is 2.42. The summed E-state index contributed by atoms with van der Waals surface area (Å²) in [6.45, 7) is 8.75. The average molecular weight is 279 g/mol. The van der Waals surface area contributed by atoms with Gasteiger partial charge in [-0.1, -0.05) is 6.58 Å². The van der Waals surface area contributed by atoms with Gasteiger partial charge in [0.25, 0.3) is 0 Å². The molecule has 20 heavy (non-hydrogen) atoms. The summed E-state index contributed by atoms with van der Waals surface area (Å²) in [7, 11) is 1.58. The molecule has 0 unspecified atom stereocenters. The zero-order chi connectivity index (χ0) is 15.0. The lowest BCUT2D eigenvalue weighted by atomic mass is 10.2. The Labute approximate surface area is 121 Å². The van der Waals surface area contributed by atoms with E-state index in [1.807, 2.05) is 12.1 Å². The van der Waals surface area contributed by atoms with E-state index in [0.717, 1.165) is 29.9 Å². The van der Waals surface area contributed by atoms with Gasteiger partial charge in [-0.15, -0.1) is 0 Å². The molecule has 0 atom stereocenters. The monoisotopic (exact) mass is 279 g/mol. The maximum Gasteiger partial charge on any atom is 0.128 e. The lowest BCUT2D eigenvalue weighted by Gasteiger charge is -2.13. The molecule has 0 radical (unpaired) electrons. The number of allylic oxidation sites excluding steroid dienone is 1. The zero-order valence-corrected chi connectivity index (χ0v) is 12.6. The Morgan fingerprint density at radius 3 is 2.75 bits per heavy atom. The van der Waals surface area contributed by atoms with Crippen LogP contribution in [0.5, 0.6) is 11.5 Å². The van der Waals surface area contributed by atoms with Crippen molar-refractivity contribution in [3.63, 3.8) is 0 Å². The number of methoxy groups -OCH3 is 1. The third-order valence-corrected chi connectivity index (χ3v) is 2.81. The van der Waals surface area contributed by atoms with E-state index in [2.05, 4.69) is 25.7 Å². The van der Waals surface area contributed by atoms with Crippen LogP contribution in [0.15, 0.2) is 30.5 Å². The van der Waals surface area contributed by atoms with Gasteiger partial charge in [-0.25, -0.2) is 0 Å². The van der Waals surface area contributed by atoms with Crippen molar-refractivity contribution in [3.8, 4) is 11.5 Å². The van der Waals surface area contributed by atoms with Crippen molar-refractivity contribution in [3.05, 3.63) is 36.0 Å². The minimum Gasteiger partial charge on any atom is -0.496 e. The maximum atomic E-state index is 9.15. The molecule has 4 nitrogen and oxygen atoms in total. The van der Waals surface area contributed by atoms with Gasteiger partial charge in [0.05, 0.1) is 20.3 Å². The minimum atomic E-state index is -0.0376. The molecule has 1 aromatic rings. The number of nitrogens with one attached hydrogen (secondary N) is 1. The number of aliphatic hydroxyl groups excluding tert-OH is 1. The Morgan fingerprint density at radius 2 is 2.15 bits per heavy atom. The molecule has 112 valence electrons. The number of benzene rings is 1. The highest BCUT2D eigenvalue weighted by Crippen LogP contribution is 2.24. The normalized spacial score (nSPS) is 10.4. The molecule has 0 spiro atoms. The Bertz CT molecular complexity index is 430. The SMILES string of the molecule is C=C(CCCOc1ccc(CO)c(OC)c1)NC(C)C. The number of ether oxygens (including phenoxy) is 2. The summed E-state index contributed by atoms with van der Waals surface area (Å²) in [6.07, 6.45) is 1.80. The Kier molecular flexibility index (Phi) is 6.94. The molecule has 0 aliphatic heterocycles. The summed E-state index contributed by atoms with van der Waals surface area (Å²) in [5.41, 5.74) is 1.80. The molecular weight excluding hydrogens is 254 g/mol. The number of hydrogen-bond acceptors (Lipinski definition) is 4. The van der Waals surface area contributed by atoms with Gasteiger partial charge in [0.1, 0.15) is 11.5 Å². The first-order valence-electron chi connectivity index (χ1n) is 6.91. The Hall–Kier alpha value is -1.68. The van der Waals surface area contributed by atoms with E-state index in [0.29, 0.717) is 18.4 Å². The lowest BCUT2D eigenvalue weighted by molar-refractivity contribution is 0.272. The van der Waals surface area contributed by atoms with E-state index in [9.17, 15) is 0 Å². The summed E-state index contributed by atoms with van der Waals surface area (Å²) in [6, 6.07) is 5.87. The largest absolute Gasteiger partial charge is 0.496 e. The van der Waals surface area contributed by atoms with Crippen molar-refractivity contribution < 1.29 is 14.6 Å². The Balaban J connectivity index is 2.37. The second-order valence-corrected chi connectivity index (χ2v) is 4.99. The van der Waals surface area contributed by atoms with Crippen molar-refractivity contribution in [2.75, 3.05) is 13.7 Å². The molecule has 0 saturated heterocycles. The van der Waals surface area contributed by atoms with Gasteiger partial charge < -0.3 is 19.9 Å². The van der Waals surface area contributed by atoms with Gasteiger partial charge in [-0.2, -0.15) is 0 Å². The molecule has 0 aliphatic rings. The summed E-state index contributed by atoms with van der Waals surface area (Å²) in [5, 5.41) is 12.4. The number of rotatable bonds is 9. The van der Waals surface area contributed by atoms with Crippen molar-refractivity contribution in [2.45, 2.75) is 39.3 Å². The van der Waals surface area contributed by atoms with Crippen LogP contribution in [0, 0.1) is 0 Å². The fourth-order valence-electron chi connectivity index (χ4n) is 1.90. The van der Waals surface area contributed by atoms with E-state index in [4.69, 9.17) is 14.6 Å². The highest BCUT2D eigenvalue weighted by Gasteiger charge is 2.04. The van der Waals surface area contributed by atoms with Crippen molar-refractivity contribution in [2.24, 2.45) is 0 Å². The first kappa shape index (κ1) is 16.4. The second kappa shape index (κ2) is 8.48.